The second kappa shape index (κ2) is 6.33. The average Bonchev–Trinajstić information content (AvgIpc) is 2.92. The quantitative estimate of drug-likeness (QED) is 0.641. The zero-order valence-electron chi connectivity index (χ0n) is 13.5. The molecule has 3 nitrogen and oxygen atoms in total. The van der Waals surface area contributed by atoms with Gasteiger partial charge in [-0.2, -0.15) is 13.2 Å². The first kappa shape index (κ1) is 17.7. The fraction of sp³-hybridized carbons (Fsp3) is 0.105. The SMILES string of the molecule is Cc1c(C(=O)O)cc(-c2ccc(F)cc2)n1-c1ccccc1C(F)(F)F. The molecule has 0 saturated heterocycles. The highest BCUT2D eigenvalue weighted by atomic mass is 19.4. The van der Waals surface area contributed by atoms with E-state index in [1.807, 2.05) is 0 Å². The Morgan fingerprint density at radius 3 is 2.23 bits per heavy atom. The number of halogens is 4. The number of aromatic carboxylic acids is 1. The summed E-state index contributed by atoms with van der Waals surface area (Å²) in [5.41, 5.74) is -0.422. The van der Waals surface area contributed by atoms with Gasteiger partial charge in [0.05, 0.1) is 22.5 Å². The number of alkyl halides is 3. The molecule has 0 aliphatic rings. The van der Waals surface area contributed by atoms with Crippen LogP contribution in [-0.4, -0.2) is 15.6 Å². The van der Waals surface area contributed by atoms with E-state index in [0.29, 0.717) is 5.56 Å². The zero-order chi connectivity index (χ0) is 19.1. The second-order valence-electron chi connectivity index (χ2n) is 5.69. The van der Waals surface area contributed by atoms with Crippen LogP contribution in [-0.2, 0) is 6.18 Å². The lowest BCUT2D eigenvalue weighted by molar-refractivity contribution is -0.137. The van der Waals surface area contributed by atoms with Crippen molar-refractivity contribution in [3.8, 4) is 16.9 Å². The molecule has 26 heavy (non-hydrogen) atoms. The Bertz CT molecular complexity index is 972. The molecule has 0 aliphatic heterocycles. The van der Waals surface area contributed by atoms with E-state index in [0.717, 1.165) is 18.2 Å². The van der Waals surface area contributed by atoms with Gasteiger partial charge >= 0.3 is 12.1 Å². The Hall–Kier alpha value is -3.09. The van der Waals surface area contributed by atoms with Gasteiger partial charge in [-0.25, -0.2) is 9.18 Å². The molecule has 3 rings (SSSR count). The molecule has 0 fully saturated rings. The largest absolute Gasteiger partial charge is 0.478 e. The van der Waals surface area contributed by atoms with E-state index in [1.165, 1.54) is 47.9 Å². The number of carboxylic acids is 1. The summed E-state index contributed by atoms with van der Waals surface area (Å²) in [4.78, 5) is 11.5. The molecule has 3 aromatic rings. The lowest BCUT2D eigenvalue weighted by Gasteiger charge is -2.18. The number of hydrogen-bond acceptors (Lipinski definition) is 1. The number of hydrogen-bond donors (Lipinski definition) is 1. The third kappa shape index (κ3) is 3.08. The van der Waals surface area contributed by atoms with Gasteiger partial charge in [0.15, 0.2) is 0 Å². The van der Waals surface area contributed by atoms with Crippen molar-refractivity contribution in [3.05, 3.63) is 77.2 Å². The number of nitrogens with zero attached hydrogens (tertiary/aromatic N) is 1. The first-order valence-electron chi connectivity index (χ1n) is 7.58. The summed E-state index contributed by atoms with van der Waals surface area (Å²) in [6, 6.07) is 11.3. The fourth-order valence-electron chi connectivity index (χ4n) is 2.88. The van der Waals surface area contributed by atoms with Gasteiger partial charge < -0.3 is 9.67 Å². The monoisotopic (exact) mass is 363 g/mol. The first-order valence-corrected chi connectivity index (χ1v) is 7.58. The molecule has 0 amide bonds. The summed E-state index contributed by atoms with van der Waals surface area (Å²) in [6.07, 6.45) is -4.61. The minimum atomic E-state index is -4.61. The lowest BCUT2D eigenvalue weighted by Crippen LogP contribution is -2.12. The Balaban J connectivity index is 2.35. The van der Waals surface area contributed by atoms with E-state index in [2.05, 4.69) is 0 Å². The molecule has 1 heterocycles. The van der Waals surface area contributed by atoms with Gasteiger partial charge in [-0.05, 0) is 55.0 Å². The number of rotatable bonds is 3. The van der Waals surface area contributed by atoms with Crippen LogP contribution in [0.25, 0.3) is 16.9 Å². The van der Waals surface area contributed by atoms with Crippen LogP contribution in [0.3, 0.4) is 0 Å². The van der Waals surface area contributed by atoms with Crippen LogP contribution < -0.4 is 0 Å². The first-order chi connectivity index (χ1) is 12.2. The van der Waals surface area contributed by atoms with Gasteiger partial charge in [0, 0.05) is 5.69 Å². The van der Waals surface area contributed by atoms with Crippen molar-refractivity contribution < 1.29 is 27.5 Å². The third-order valence-electron chi connectivity index (χ3n) is 4.07. The van der Waals surface area contributed by atoms with E-state index < -0.39 is 23.5 Å². The molecule has 2 aromatic carbocycles. The Kier molecular flexibility index (Phi) is 4.31. The summed E-state index contributed by atoms with van der Waals surface area (Å²) < 4.78 is 54.8. The van der Waals surface area contributed by atoms with Crippen LogP contribution in [0.5, 0.6) is 0 Å². The van der Waals surface area contributed by atoms with E-state index in [9.17, 15) is 27.5 Å². The minimum Gasteiger partial charge on any atom is -0.478 e. The van der Waals surface area contributed by atoms with E-state index >= 15 is 0 Å². The molecule has 0 unspecified atom stereocenters. The highest BCUT2D eigenvalue weighted by molar-refractivity contribution is 5.91. The molecular weight excluding hydrogens is 350 g/mol. The highest BCUT2D eigenvalue weighted by Crippen LogP contribution is 2.37. The predicted molar refractivity (Wildman–Crippen MR) is 87.9 cm³/mol. The van der Waals surface area contributed by atoms with Crippen LogP contribution in [0, 0.1) is 12.7 Å². The number of carbonyl (C=O) groups is 1. The summed E-state index contributed by atoms with van der Waals surface area (Å²) in [5, 5.41) is 9.37. The van der Waals surface area contributed by atoms with Gasteiger partial charge in [-0.15, -0.1) is 0 Å². The Labute approximate surface area is 146 Å². The van der Waals surface area contributed by atoms with Crippen LogP contribution >= 0.6 is 0 Å². The molecule has 0 radical (unpaired) electrons. The molecule has 0 spiro atoms. The smallest absolute Gasteiger partial charge is 0.418 e. The highest BCUT2D eigenvalue weighted by Gasteiger charge is 2.35. The molecule has 0 bridgehead atoms. The minimum absolute atomic E-state index is 0.124. The number of benzene rings is 2. The Morgan fingerprint density at radius 1 is 1.04 bits per heavy atom. The molecule has 1 aromatic heterocycles. The predicted octanol–water partition coefficient (Wildman–Crippen LogP) is 5.31. The van der Waals surface area contributed by atoms with Crippen LogP contribution in [0.4, 0.5) is 17.6 Å². The molecule has 0 atom stereocenters. The summed E-state index contributed by atoms with van der Waals surface area (Å²) >= 11 is 0. The maximum atomic E-state index is 13.4. The maximum absolute atomic E-state index is 13.4. The number of aromatic nitrogens is 1. The van der Waals surface area contributed by atoms with Gasteiger partial charge in [-0.3, -0.25) is 0 Å². The fourth-order valence-corrected chi connectivity index (χ4v) is 2.88. The van der Waals surface area contributed by atoms with E-state index in [1.54, 1.807) is 0 Å². The lowest BCUT2D eigenvalue weighted by atomic mass is 10.1. The summed E-state index contributed by atoms with van der Waals surface area (Å²) in [5.74, 6) is -1.76. The molecule has 134 valence electrons. The molecule has 7 heteroatoms. The second-order valence-corrected chi connectivity index (χ2v) is 5.69. The average molecular weight is 363 g/mol. The van der Waals surface area contributed by atoms with Crippen LogP contribution in [0.1, 0.15) is 21.6 Å². The maximum Gasteiger partial charge on any atom is 0.418 e. The van der Waals surface area contributed by atoms with Crippen LogP contribution in [0.2, 0.25) is 0 Å². The topological polar surface area (TPSA) is 42.2 Å². The van der Waals surface area contributed by atoms with Crippen molar-refractivity contribution in [2.24, 2.45) is 0 Å². The number of carboxylic acid groups (broad SMARTS) is 1. The molecule has 0 aliphatic carbocycles. The van der Waals surface area contributed by atoms with Gasteiger partial charge in [0.2, 0.25) is 0 Å². The number of para-hydroxylation sites is 1. The zero-order valence-corrected chi connectivity index (χ0v) is 13.5. The van der Waals surface area contributed by atoms with Crippen molar-refractivity contribution >= 4 is 5.97 Å². The van der Waals surface area contributed by atoms with Crippen molar-refractivity contribution in [1.82, 2.24) is 4.57 Å². The van der Waals surface area contributed by atoms with Gasteiger partial charge in [0.25, 0.3) is 0 Å². The van der Waals surface area contributed by atoms with Gasteiger partial charge in [0.1, 0.15) is 5.82 Å². The van der Waals surface area contributed by atoms with E-state index in [-0.39, 0.29) is 22.6 Å². The summed E-state index contributed by atoms with van der Waals surface area (Å²) in [7, 11) is 0. The molecular formula is C19H13F4NO2. The van der Waals surface area contributed by atoms with Crippen molar-refractivity contribution in [2.45, 2.75) is 13.1 Å². The Morgan fingerprint density at radius 2 is 1.65 bits per heavy atom. The van der Waals surface area contributed by atoms with Crippen molar-refractivity contribution in [2.75, 3.05) is 0 Å². The third-order valence-corrected chi connectivity index (χ3v) is 4.07. The van der Waals surface area contributed by atoms with Crippen LogP contribution in [0.15, 0.2) is 54.6 Å². The van der Waals surface area contributed by atoms with Crippen molar-refractivity contribution in [3.63, 3.8) is 0 Å². The molecule has 1 N–H and O–H groups in total. The van der Waals surface area contributed by atoms with Crippen molar-refractivity contribution in [1.29, 1.82) is 0 Å². The molecule has 0 saturated carbocycles. The standard InChI is InChI=1S/C19H13F4NO2/c1-11-14(18(25)26)10-17(12-6-8-13(20)9-7-12)24(11)16-5-3-2-4-15(16)19(21,22)23/h2-10H,1H3,(H,25,26). The van der Waals surface area contributed by atoms with Gasteiger partial charge in [-0.1, -0.05) is 12.1 Å². The summed E-state index contributed by atoms with van der Waals surface area (Å²) in [6.45, 7) is 1.43. The van der Waals surface area contributed by atoms with E-state index in [4.69, 9.17) is 0 Å². The normalized spacial score (nSPS) is 11.6.